The molecule has 2 heterocycles. The lowest BCUT2D eigenvalue weighted by atomic mass is 10.2. The first-order valence-electron chi connectivity index (χ1n) is 8.56. The van der Waals surface area contributed by atoms with Gasteiger partial charge in [0.25, 0.3) is 0 Å². The van der Waals surface area contributed by atoms with Gasteiger partial charge in [-0.15, -0.1) is 11.3 Å². The van der Waals surface area contributed by atoms with Crippen LogP contribution in [0, 0.1) is 0 Å². The van der Waals surface area contributed by atoms with Gasteiger partial charge in [-0.1, -0.05) is 18.9 Å². The number of urea groups is 1. The number of nitrogens with one attached hydrogen (secondary N) is 2. The summed E-state index contributed by atoms with van der Waals surface area (Å²) in [6.07, 6.45) is 5.87. The first kappa shape index (κ1) is 17.7. The number of nitrogens with zero attached hydrogens (tertiary/aromatic N) is 1. The van der Waals surface area contributed by atoms with Crippen LogP contribution >= 0.6 is 11.3 Å². The number of imide groups is 1. The molecule has 6 nitrogen and oxygen atoms in total. The van der Waals surface area contributed by atoms with Crippen molar-refractivity contribution in [2.24, 2.45) is 0 Å². The molecule has 1 aliphatic rings. The van der Waals surface area contributed by atoms with Crippen LogP contribution in [0.1, 0.15) is 36.3 Å². The minimum absolute atomic E-state index is 0.136. The number of carbonyl (C=O) groups excluding carboxylic acids is 2. The fraction of sp³-hybridized carbons (Fsp3) is 0.444. The Bertz CT molecular complexity index is 628. The molecule has 3 amide bonds. The highest BCUT2D eigenvalue weighted by Gasteiger charge is 2.20. The molecule has 2 N–H and O–H groups in total. The molecule has 25 heavy (non-hydrogen) atoms. The number of carbonyl (C=O) groups is 2. The van der Waals surface area contributed by atoms with E-state index in [0.717, 1.165) is 36.3 Å². The summed E-state index contributed by atoms with van der Waals surface area (Å²) in [5.74, 6) is 0.485. The molecule has 2 aromatic rings. The van der Waals surface area contributed by atoms with Crippen molar-refractivity contribution in [3.8, 4) is 0 Å². The van der Waals surface area contributed by atoms with Gasteiger partial charge in [0.2, 0.25) is 5.91 Å². The van der Waals surface area contributed by atoms with Crippen molar-refractivity contribution in [2.45, 2.75) is 44.8 Å². The number of amides is 3. The molecule has 0 unspecified atom stereocenters. The Hall–Kier alpha value is -2.12. The summed E-state index contributed by atoms with van der Waals surface area (Å²) in [5, 5.41) is 7.32. The van der Waals surface area contributed by atoms with Gasteiger partial charge in [0.05, 0.1) is 19.4 Å². The Balaban J connectivity index is 1.52. The smallest absolute Gasteiger partial charge is 0.321 e. The minimum Gasteiger partial charge on any atom is -0.468 e. The fourth-order valence-electron chi connectivity index (χ4n) is 3.07. The summed E-state index contributed by atoms with van der Waals surface area (Å²) in [4.78, 5) is 27.3. The molecule has 134 valence electrons. The van der Waals surface area contributed by atoms with Crippen LogP contribution in [0.4, 0.5) is 4.79 Å². The maximum atomic E-state index is 12.3. The van der Waals surface area contributed by atoms with Gasteiger partial charge in [0, 0.05) is 17.5 Å². The number of thiophene rings is 1. The second-order valence-electron chi connectivity index (χ2n) is 6.31. The number of furan rings is 1. The normalized spacial score (nSPS) is 14.8. The van der Waals surface area contributed by atoms with Crippen molar-refractivity contribution >= 4 is 23.3 Å². The molecule has 1 fully saturated rings. The van der Waals surface area contributed by atoms with Crippen molar-refractivity contribution in [1.82, 2.24) is 15.5 Å². The molecular weight excluding hydrogens is 338 g/mol. The summed E-state index contributed by atoms with van der Waals surface area (Å²) in [6.45, 7) is 1.29. The van der Waals surface area contributed by atoms with E-state index in [2.05, 4.69) is 10.6 Å². The van der Waals surface area contributed by atoms with Crippen molar-refractivity contribution in [2.75, 3.05) is 6.54 Å². The Morgan fingerprint density at radius 2 is 2.04 bits per heavy atom. The highest BCUT2D eigenvalue weighted by atomic mass is 32.1. The van der Waals surface area contributed by atoms with Crippen LogP contribution in [-0.4, -0.2) is 29.4 Å². The van der Waals surface area contributed by atoms with Crippen LogP contribution in [-0.2, 0) is 17.9 Å². The molecular formula is C18H23N3O3S. The molecule has 2 aromatic heterocycles. The standard InChI is InChI=1S/C18H23N3O3S/c22-17(20-18(23)19-14-5-1-2-6-14)13-21(11-15-7-3-9-24-15)12-16-8-4-10-25-16/h3-4,7-10,14H,1-2,5-6,11-13H2,(H2,19,20,22,23). The van der Waals surface area contributed by atoms with Crippen molar-refractivity contribution in [3.05, 3.63) is 46.5 Å². The number of rotatable bonds is 7. The lowest BCUT2D eigenvalue weighted by molar-refractivity contribution is -0.121. The van der Waals surface area contributed by atoms with Gasteiger partial charge in [0.15, 0.2) is 0 Å². The topological polar surface area (TPSA) is 74.6 Å². The fourth-order valence-corrected chi connectivity index (χ4v) is 3.82. The second-order valence-corrected chi connectivity index (χ2v) is 7.34. The SMILES string of the molecule is O=C(CN(Cc1ccco1)Cc1cccs1)NC(=O)NC1CCCC1. The second kappa shape index (κ2) is 8.82. The van der Waals surface area contributed by atoms with E-state index in [4.69, 9.17) is 4.42 Å². The predicted octanol–water partition coefficient (Wildman–Crippen LogP) is 3.11. The Labute approximate surface area is 151 Å². The maximum absolute atomic E-state index is 12.3. The van der Waals surface area contributed by atoms with Gasteiger partial charge in [-0.3, -0.25) is 15.0 Å². The summed E-state index contributed by atoms with van der Waals surface area (Å²) < 4.78 is 5.39. The van der Waals surface area contributed by atoms with Gasteiger partial charge >= 0.3 is 6.03 Å². The van der Waals surface area contributed by atoms with Crippen LogP contribution in [0.25, 0.3) is 0 Å². The van der Waals surface area contributed by atoms with Gasteiger partial charge in [-0.25, -0.2) is 4.79 Å². The summed E-state index contributed by atoms with van der Waals surface area (Å²) in [7, 11) is 0. The highest BCUT2D eigenvalue weighted by molar-refractivity contribution is 7.09. The molecule has 1 saturated carbocycles. The van der Waals surface area contributed by atoms with Crippen LogP contribution in [0.2, 0.25) is 0 Å². The van der Waals surface area contributed by atoms with E-state index in [0.29, 0.717) is 13.1 Å². The van der Waals surface area contributed by atoms with Crippen molar-refractivity contribution in [3.63, 3.8) is 0 Å². The van der Waals surface area contributed by atoms with E-state index in [1.54, 1.807) is 17.6 Å². The van der Waals surface area contributed by atoms with Crippen LogP contribution in [0.5, 0.6) is 0 Å². The van der Waals surface area contributed by atoms with Gasteiger partial charge < -0.3 is 9.73 Å². The molecule has 0 radical (unpaired) electrons. The average Bonchev–Trinajstić information content (AvgIpc) is 3.29. The van der Waals surface area contributed by atoms with Crippen molar-refractivity contribution < 1.29 is 14.0 Å². The zero-order valence-corrected chi connectivity index (χ0v) is 14.9. The molecule has 0 bridgehead atoms. The first-order chi connectivity index (χ1) is 12.2. The quantitative estimate of drug-likeness (QED) is 0.795. The summed E-state index contributed by atoms with van der Waals surface area (Å²) in [6, 6.07) is 7.52. The summed E-state index contributed by atoms with van der Waals surface area (Å²) in [5.41, 5.74) is 0. The van der Waals surface area contributed by atoms with E-state index in [9.17, 15) is 9.59 Å². The predicted molar refractivity (Wildman–Crippen MR) is 96.1 cm³/mol. The average molecular weight is 361 g/mol. The largest absolute Gasteiger partial charge is 0.468 e. The van der Waals surface area contributed by atoms with Crippen LogP contribution < -0.4 is 10.6 Å². The molecule has 0 saturated heterocycles. The molecule has 3 rings (SSSR count). The third-order valence-electron chi connectivity index (χ3n) is 4.23. The van der Waals surface area contributed by atoms with E-state index in [1.165, 1.54) is 0 Å². The highest BCUT2D eigenvalue weighted by Crippen LogP contribution is 2.17. The lowest BCUT2D eigenvalue weighted by Gasteiger charge is -2.20. The molecule has 0 spiro atoms. The van der Waals surface area contributed by atoms with Crippen LogP contribution in [0.15, 0.2) is 40.3 Å². The summed E-state index contributed by atoms with van der Waals surface area (Å²) >= 11 is 1.64. The third kappa shape index (κ3) is 5.72. The van der Waals surface area contributed by atoms with E-state index >= 15 is 0 Å². The Morgan fingerprint density at radius 3 is 2.72 bits per heavy atom. The zero-order chi connectivity index (χ0) is 17.5. The molecule has 1 aliphatic carbocycles. The molecule has 0 aromatic carbocycles. The third-order valence-corrected chi connectivity index (χ3v) is 5.09. The Morgan fingerprint density at radius 1 is 1.20 bits per heavy atom. The van der Waals surface area contributed by atoms with E-state index < -0.39 is 6.03 Å². The van der Waals surface area contributed by atoms with Gasteiger partial charge in [-0.2, -0.15) is 0 Å². The van der Waals surface area contributed by atoms with Gasteiger partial charge in [0.1, 0.15) is 5.76 Å². The van der Waals surface area contributed by atoms with Crippen molar-refractivity contribution in [1.29, 1.82) is 0 Å². The zero-order valence-electron chi connectivity index (χ0n) is 14.1. The van der Waals surface area contributed by atoms with Gasteiger partial charge in [-0.05, 0) is 36.4 Å². The molecule has 0 aliphatic heterocycles. The minimum atomic E-state index is -0.397. The van der Waals surface area contributed by atoms with E-state index in [-0.39, 0.29) is 18.5 Å². The monoisotopic (exact) mass is 361 g/mol. The maximum Gasteiger partial charge on any atom is 0.321 e. The molecule has 7 heteroatoms. The molecule has 0 atom stereocenters. The van der Waals surface area contributed by atoms with E-state index in [1.807, 2.05) is 34.5 Å². The number of hydrogen-bond donors (Lipinski definition) is 2. The first-order valence-corrected chi connectivity index (χ1v) is 9.44. The Kier molecular flexibility index (Phi) is 6.25. The number of hydrogen-bond acceptors (Lipinski definition) is 5. The van der Waals surface area contributed by atoms with Crippen LogP contribution in [0.3, 0.4) is 0 Å². The lowest BCUT2D eigenvalue weighted by Crippen LogP contribution is -2.46.